The molecule has 30 heavy (non-hydrogen) atoms. The van der Waals surface area contributed by atoms with Crippen LogP contribution in [-0.2, 0) is 19.1 Å². The predicted octanol–water partition coefficient (Wildman–Crippen LogP) is 1.11. The third kappa shape index (κ3) is 7.27. The summed E-state index contributed by atoms with van der Waals surface area (Å²) in [5, 5.41) is 7.47. The first-order valence-electron chi connectivity index (χ1n) is 9.15. The van der Waals surface area contributed by atoms with Gasteiger partial charge in [-0.3, -0.25) is 14.4 Å². The number of hydrogen-bond acceptors (Lipinski definition) is 6. The minimum Gasteiger partial charge on any atom is -0.484 e. The van der Waals surface area contributed by atoms with E-state index in [1.807, 2.05) is 6.07 Å². The van der Waals surface area contributed by atoms with E-state index < -0.39 is 30.4 Å². The molecule has 2 rings (SSSR count). The second-order valence-corrected chi connectivity index (χ2v) is 6.20. The summed E-state index contributed by atoms with van der Waals surface area (Å²) in [6.07, 6.45) is 0. The highest BCUT2D eigenvalue weighted by molar-refractivity contribution is 5.96. The number of para-hydroxylation sites is 1. The van der Waals surface area contributed by atoms with E-state index in [4.69, 9.17) is 9.47 Å². The van der Waals surface area contributed by atoms with Crippen molar-refractivity contribution in [2.75, 3.05) is 25.6 Å². The maximum Gasteiger partial charge on any atom is 0.328 e. The molecule has 0 radical (unpaired) electrons. The second kappa shape index (κ2) is 11.2. The SMILES string of the molecule is CNC(=O)c1ccc(NC(=O)COC(=O)[C@H](C)NC(=O)COc2ccccc2)cc1. The molecule has 3 amide bonds. The van der Waals surface area contributed by atoms with E-state index in [0.29, 0.717) is 17.0 Å². The van der Waals surface area contributed by atoms with Crippen molar-refractivity contribution in [3.05, 3.63) is 60.2 Å². The quantitative estimate of drug-likeness (QED) is 0.530. The predicted molar refractivity (Wildman–Crippen MR) is 109 cm³/mol. The van der Waals surface area contributed by atoms with Crippen LogP contribution in [0.15, 0.2) is 54.6 Å². The fourth-order valence-electron chi connectivity index (χ4n) is 2.32. The summed E-state index contributed by atoms with van der Waals surface area (Å²) in [4.78, 5) is 47.2. The van der Waals surface area contributed by atoms with Crippen molar-refractivity contribution in [3.8, 4) is 5.75 Å². The largest absolute Gasteiger partial charge is 0.484 e. The van der Waals surface area contributed by atoms with Crippen LogP contribution in [0.3, 0.4) is 0 Å². The number of esters is 1. The maximum atomic E-state index is 12.0. The molecule has 2 aromatic carbocycles. The highest BCUT2D eigenvalue weighted by Gasteiger charge is 2.18. The van der Waals surface area contributed by atoms with Gasteiger partial charge in [0.05, 0.1) is 0 Å². The number of amides is 3. The zero-order valence-electron chi connectivity index (χ0n) is 16.6. The Labute approximate surface area is 173 Å². The molecule has 158 valence electrons. The van der Waals surface area contributed by atoms with Crippen LogP contribution in [0.5, 0.6) is 5.75 Å². The lowest BCUT2D eigenvalue weighted by molar-refractivity contribution is -0.150. The van der Waals surface area contributed by atoms with Crippen molar-refractivity contribution in [2.45, 2.75) is 13.0 Å². The van der Waals surface area contributed by atoms with Gasteiger partial charge in [0.15, 0.2) is 13.2 Å². The van der Waals surface area contributed by atoms with Gasteiger partial charge in [-0.15, -0.1) is 0 Å². The first kappa shape index (κ1) is 22.4. The molecular weight excluding hydrogens is 390 g/mol. The first-order valence-corrected chi connectivity index (χ1v) is 9.15. The summed E-state index contributed by atoms with van der Waals surface area (Å²) in [5.74, 6) is -1.52. The molecule has 2 aromatic rings. The smallest absolute Gasteiger partial charge is 0.328 e. The fraction of sp³-hybridized carbons (Fsp3) is 0.238. The Hall–Kier alpha value is -3.88. The number of nitrogens with one attached hydrogen (secondary N) is 3. The topological polar surface area (TPSA) is 123 Å². The molecule has 0 unspecified atom stereocenters. The molecule has 1 atom stereocenters. The molecule has 0 aliphatic rings. The van der Waals surface area contributed by atoms with Crippen LogP contribution in [-0.4, -0.2) is 50.0 Å². The van der Waals surface area contributed by atoms with E-state index >= 15 is 0 Å². The Morgan fingerprint density at radius 3 is 2.20 bits per heavy atom. The minimum absolute atomic E-state index is 0.244. The Morgan fingerprint density at radius 2 is 1.57 bits per heavy atom. The molecule has 9 heteroatoms. The van der Waals surface area contributed by atoms with E-state index in [1.165, 1.54) is 14.0 Å². The Balaban J connectivity index is 1.71. The number of hydrogen-bond donors (Lipinski definition) is 3. The van der Waals surface area contributed by atoms with Gasteiger partial charge in [-0.2, -0.15) is 0 Å². The van der Waals surface area contributed by atoms with Gasteiger partial charge >= 0.3 is 5.97 Å². The standard InChI is InChI=1S/C21H23N3O6/c1-14(23-18(25)12-29-17-6-4-3-5-7-17)21(28)30-13-19(26)24-16-10-8-15(9-11-16)20(27)22-2/h3-11,14H,12-13H2,1-2H3,(H,22,27)(H,23,25)(H,24,26)/t14-/m0/s1. The van der Waals surface area contributed by atoms with Crippen LogP contribution < -0.4 is 20.7 Å². The van der Waals surface area contributed by atoms with Crippen molar-refractivity contribution in [1.82, 2.24) is 10.6 Å². The molecule has 3 N–H and O–H groups in total. The van der Waals surface area contributed by atoms with Gasteiger partial charge < -0.3 is 25.4 Å². The molecule has 0 heterocycles. The average Bonchev–Trinajstić information content (AvgIpc) is 2.76. The number of rotatable bonds is 9. The van der Waals surface area contributed by atoms with E-state index in [2.05, 4.69) is 16.0 Å². The molecule has 0 aromatic heterocycles. The highest BCUT2D eigenvalue weighted by atomic mass is 16.5. The fourth-order valence-corrected chi connectivity index (χ4v) is 2.32. The third-order valence-corrected chi connectivity index (χ3v) is 3.85. The van der Waals surface area contributed by atoms with Crippen molar-refractivity contribution in [2.24, 2.45) is 0 Å². The molecule has 0 fully saturated rings. The van der Waals surface area contributed by atoms with Gasteiger partial charge in [-0.1, -0.05) is 18.2 Å². The van der Waals surface area contributed by atoms with E-state index in [-0.39, 0.29) is 12.5 Å². The van der Waals surface area contributed by atoms with Gasteiger partial charge in [0.1, 0.15) is 11.8 Å². The maximum absolute atomic E-state index is 12.0. The zero-order valence-corrected chi connectivity index (χ0v) is 16.6. The monoisotopic (exact) mass is 413 g/mol. The molecule has 9 nitrogen and oxygen atoms in total. The van der Waals surface area contributed by atoms with Crippen LogP contribution >= 0.6 is 0 Å². The lowest BCUT2D eigenvalue weighted by Crippen LogP contribution is -2.42. The second-order valence-electron chi connectivity index (χ2n) is 6.20. The van der Waals surface area contributed by atoms with Crippen molar-refractivity contribution >= 4 is 29.4 Å². The summed E-state index contributed by atoms with van der Waals surface area (Å²) in [7, 11) is 1.52. The summed E-state index contributed by atoms with van der Waals surface area (Å²) >= 11 is 0. The highest BCUT2D eigenvalue weighted by Crippen LogP contribution is 2.10. The Morgan fingerprint density at radius 1 is 0.900 bits per heavy atom. The van der Waals surface area contributed by atoms with Gasteiger partial charge in [0.25, 0.3) is 17.7 Å². The Kier molecular flexibility index (Phi) is 8.37. The summed E-state index contributed by atoms with van der Waals surface area (Å²) < 4.78 is 10.2. The molecule has 0 aliphatic heterocycles. The Bertz CT molecular complexity index is 883. The number of ether oxygens (including phenoxy) is 2. The van der Waals surface area contributed by atoms with E-state index in [0.717, 1.165) is 0 Å². The summed E-state index contributed by atoms with van der Waals surface area (Å²) in [6.45, 7) is 0.670. The molecule has 0 aliphatic carbocycles. The minimum atomic E-state index is -0.948. The molecule has 0 spiro atoms. The van der Waals surface area contributed by atoms with Crippen LogP contribution in [0.25, 0.3) is 0 Å². The van der Waals surface area contributed by atoms with Crippen molar-refractivity contribution in [1.29, 1.82) is 0 Å². The zero-order chi connectivity index (χ0) is 21.9. The lowest BCUT2D eigenvalue weighted by Gasteiger charge is -2.14. The number of anilines is 1. The average molecular weight is 413 g/mol. The van der Waals surface area contributed by atoms with Crippen LogP contribution in [0.1, 0.15) is 17.3 Å². The normalized spacial score (nSPS) is 11.0. The van der Waals surface area contributed by atoms with Gasteiger partial charge in [-0.25, -0.2) is 4.79 Å². The molecule has 0 saturated heterocycles. The number of carbonyl (C=O) groups is 4. The van der Waals surface area contributed by atoms with Crippen LogP contribution in [0.4, 0.5) is 5.69 Å². The summed E-state index contributed by atoms with van der Waals surface area (Å²) in [6, 6.07) is 14.0. The summed E-state index contributed by atoms with van der Waals surface area (Å²) in [5.41, 5.74) is 0.894. The molecule has 0 saturated carbocycles. The van der Waals surface area contributed by atoms with E-state index in [1.54, 1.807) is 48.5 Å². The van der Waals surface area contributed by atoms with Gasteiger partial charge in [-0.05, 0) is 43.3 Å². The van der Waals surface area contributed by atoms with Gasteiger partial charge in [0, 0.05) is 18.3 Å². The van der Waals surface area contributed by atoms with E-state index in [9.17, 15) is 19.2 Å². The van der Waals surface area contributed by atoms with Crippen molar-refractivity contribution in [3.63, 3.8) is 0 Å². The lowest BCUT2D eigenvalue weighted by atomic mass is 10.2. The molecular formula is C21H23N3O6. The van der Waals surface area contributed by atoms with Crippen molar-refractivity contribution < 1.29 is 28.7 Å². The third-order valence-electron chi connectivity index (χ3n) is 3.85. The number of benzene rings is 2. The van der Waals surface area contributed by atoms with Gasteiger partial charge in [0.2, 0.25) is 0 Å². The number of carbonyl (C=O) groups excluding carboxylic acids is 4. The first-order chi connectivity index (χ1) is 14.4. The van der Waals surface area contributed by atoms with Crippen LogP contribution in [0, 0.1) is 0 Å². The van der Waals surface area contributed by atoms with Crippen LogP contribution in [0.2, 0.25) is 0 Å². The molecule has 0 bridgehead atoms.